The van der Waals surface area contributed by atoms with Gasteiger partial charge in [-0.15, -0.1) is 0 Å². The number of para-hydroxylation sites is 2. The molecule has 32 heavy (non-hydrogen) atoms. The Bertz CT molecular complexity index is 1330. The van der Waals surface area contributed by atoms with Crippen LogP contribution in [0.25, 0.3) is 11.0 Å². The number of carbonyl (C=O) groups is 1. The van der Waals surface area contributed by atoms with Gasteiger partial charge in [-0.3, -0.25) is 9.36 Å². The predicted octanol–water partition coefficient (Wildman–Crippen LogP) is 5.28. The monoisotopic (exact) mass is 424 g/mol. The van der Waals surface area contributed by atoms with Crippen LogP contribution in [0.1, 0.15) is 24.1 Å². The summed E-state index contributed by atoms with van der Waals surface area (Å²) in [6, 6.07) is 23.3. The molecule has 1 aromatic heterocycles. The Hall–Kier alpha value is -4.06. The lowest BCUT2D eigenvalue weighted by molar-refractivity contribution is -0.113. The van der Waals surface area contributed by atoms with Crippen LogP contribution in [0, 0.1) is 6.92 Å². The molecule has 1 aliphatic heterocycles. The number of anilines is 2. The molecule has 0 bridgehead atoms. The number of allylic oxidation sites excluding steroid dienone is 1. The first-order valence-electron chi connectivity index (χ1n) is 10.5. The highest BCUT2D eigenvalue weighted by Crippen LogP contribution is 2.39. The van der Waals surface area contributed by atoms with Crippen molar-refractivity contribution in [3.05, 3.63) is 95.2 Å². The molecule has 160 valence electrons. The smallest absolute Gasteiger partial charge is 0.255 e. The second kappa shape index (κ2) is 7.89. The number of nitrogens with one attached hydrogen (secondary N) is 2. The zero-order chi connectivity index (χ0) is 22.2. The molecule has 6 heteroatoms. The summed E-state index contributed by atoms with van der Waals surface area (Å²) in [5.74, 6) is 1.34. The number of hydrogen-bond donors (Lipinski definition) is 2. The summed E-state index contributed by atoms with van der Waals surface area (Å²) in [6.45, 7) is 3.94. The molecule has 5 rings (SSSR count). The SMILES string of the molecule is COc1ccc([C@@H]2C(C(=O)Nc3ccc(C)cc3)=C(C)Nc3nc4ccccc4n32)cc1. The molecule has 6 nitrogen and oxygen atoms in total. The van der Waals surface area contributed by atoms with Gasteiger partial charge in [0.2, 0.25) is 5.95 Å². The maximum Gasteiger partial charge on any atom is 0.255 e. The maximum absolute atomic E-state index is 13.6. The molecule has 1 aliphatic rings. The number of nitrogens with zero attached hydrogens (tertiary/aromatic N) is 2. The van der Waals surface area contributed by atoms with Crippen molar-refractivity contribution in [2.24, 2.45) is 0 Å². The Morgan fingerprint density at radius 2 is 1.72 bits per heavy atom. The first kappa shape index (κ1) is 19.9. The second-order valence-corrected chi connectivity index (χ2v) is 7.95. The Labute approximate surface area is 186 Å². The van der Waals surface area contributed by atoms with Crippen LogP contribution in [-0.2, 0) is 4.79 Å². The van der Waals surface area contributed by atoms with E-state index in [1.54, 1.807) is 7.11 Å². The second-order valence-electron chi connectivity index (χ2n) is 7.95. The summed E-state index contributed by atoms with van der Waals surface area (Å²) in [6.07, 6.45) is 0. The van der Waals surface area contributed by atoms with Gasteiger partial charge in [0.05, 0.1) is 29.8 Å². The third-order valence-electron chi connectivity index (χ3n) is 5.82. The topological polar surface area (TPSA) is 68.2 Å². The number of rotatable bonds is 4. The largest absolute Gasteiger partial charge is 0.497 e. The Morgan fingerprint density at radius 1 is 1.00 bits per heavy atom. The van der Waals surface area contributed by atoms with Crippen LogP contribution in [0.5, 0.6) is 5.75 Å². The molecule has 4 aromatic rings. The zero-order valence-corrected chi connectivity index (χ0v) is 18.2. The van der Waals surface area contributed by atoms with E-state index in [1.807, 2.05) is 86.6 Å². The summed E-state index contributed by atoms with van der Waals surface area (Å²) in [5.41, 5.74) is 6.14. The summed E-state index contributed by atoms with van der Waals surface area (Å²) in [7, 11) is 1.64. The van der Waals surface area contributed by atoms with Crippen molar-refractivity contribution in [3.8, 4) is 5.75 Å². The van der Waals surface area contributed by atoms with E-state index in [-0.39, 0.29) is 11.9 Å². The predicted molar refractivity (Wildman–Crippen MR) is 127 cm³/mol. The Kier molecular flexibility index (Phi) is 4.90. The normalized spacial score (nSPS) is 15.3. The fourth-order valence-electron chi connectivity index (χ4n) is 4.19. The number of imidazole rings is 1. The molecule has 1 atom stereocenters. The van der Waals surface area contributed by atoms with Crippen molar-refractivity contribution in [1.29, 1.82) is 0 Å². The van der Waals surface area contributed by atoms with Crippen LogP contribution in [0.15, 0.2) is 84.1 Å². The number of ether oxygens (including phenoxy) is 1. The molecular weight excluding hydrogens is 400 g/mol. The summed E-state index contributed by atoms with van der Waals surface area (Å²) in [4.78, 5) is 18.3. The lowest BCUT2D eigenvalue weighted by Gasteiger charge is -2.30. The third kappa shape index (κ3) is 3.39. The van der Waals surface area contributed by atoms with Crippen LogP contribution >= 0.6 is 0 Å². The van der Waals surface area contributed by atoms with Crippen molar-refractivity contribution in [2.75, 3.05) is 17.7 Å². The number of fused-ring (bicyclic) bond motifs is 3. The molecule has 0 fully saturated rings. The van der Waals surface area contributed by atoms with Gasteiger partial charge in [-0.25, -0.2) is 4.98 Å². The van der Waals surface area contributed by atoms with Gasteiger partial charge >= 0.3 is 0 Å². The van der Waals surface area contributed by atoms with E-state index in [0.29, 0.717) is 5.57 Å². The minimum atomic E-state index is -0.338. The summed E-state index contributed by atoms with van der Waals surface area (Å²) < 4.78 is 7.43. The van der Waals surface area contributed by atoms with E-state index >= 15 is 0 Å². The first-order chi connectivity index (χ1) is 15.5. The van der Waals surface area contributed by atoms with Crippen molar-refractivity contribution in [1.82, 2.24) is 9.55 Å². The lowest BCUT2D eigenvalue weighted by Crippen LogP contribution is -2.30. The molecule has 0 radical (unpaired) electrons. The average Bonchev–Trinajstić information content (AvgIpc) is 3.17. The molecule has 0 unspecified atom stereocenters. The highest BCUT2D eigenvalue weighted by Gasteiger charge is 2.34. The van der Waals surface area contributed by atoms with E-state index in [9.17, 15) is 4.79 Å². The van der Waals surface area contributed by atoms with E-state index < -0.39 is 0 Å². The molecule has 2 heterocycles. The van der Waals surface area contributed by atoms with Gasteiger partial charge in [0.1, 0.15) is 5.75 Å². The number of amides is 1. The van der Waals surface area contributed by atoms with E-state index in [2.05, 4.69) is 15.2 Å². The van der Waals surface area contributed by atoms with Gasteiger partial charge in [0.25, 0.3) is 5.91 Å². The van der Waals surface area contributed by atoms with E-state index in [0.717, 1.165) is 45.2 Å². The number of benzene rings is 3. The third-order valence-corrected chi connectivity index (χ3v) is 5.82. The van der Waals surface area contributed by atoms with Crippen molar-refractivity contribution in [2.45, 2.75) is 19.9 Å². The average molecular weight is 425 g/mol. The van der Waals surface area contributed by atoms with Crippen LogP contribution in [0.3, 0.4) is 0 Å². The number of methoxy groups -OCH3 is 1. The van der Waals surface area contributed by atoms with Gasteiger partial charge in [0, 0.05) is 11.4 Å². The maximum atomic E-state index is 13.6. The Balaban J connectivity index is 1.64. The molecule has 2 N–H and O–H groups in total. The number of aromatic nitrogens is 2. The minimum Gasteiger partial charge on any atom is -0.497 e. The van der Waals surface area contributed by atoms with E-state index in [4.69, 9.17) is 9.72 Å². The highest BCUT2D eigenvalue weighted by molar-refractivity contribution is 6.06. The number of aryl methyl sites for hydroxylation is 1. The number of hydrogen-bond acceptors (Lipinski definition) is 4. The van der Waals surface area contributed by atoms with Crippen molar-refractivity contribution >= 4 is 28.6 Å². The van der Waals surface area contributed by atoms with Crippen molar-refractivity contribution in [3.63, 3.8) is 0 Å². The van der Waals surface area contributed by atoms with Gasteiger partial charge in [-0.1, -0.05) is 42.0 Å². The number of carbonyl (C=O) groups excluding carboxylic acids is 1. The van der Waals surface area contributed by atoms with Gasteiger partial charge in [-0.05, 0) is 55.8 Å². The van der Waals surface area contributed by atoms with Crippen molar-refractivity contribution < 1.29 is 9.53 Å². The quantitative estimate of drug-likeness (QED) is 0.468. The van der Waals surface area contributed by atoms with Gasteiger partial charge < -0.3 is 15.4 Å². The first-order valence-corrected chi connectivity index (χ1v) is 10.5. The molecule has 3 aromatic carbocycles. The molecule has 0 spiro atoms. The molecule has 0 aliphatic carbocycles. The highest BCUT2D eigenvalue weighted by atomic mass is 16.5. The molecular formula is C26H24N4O2. The van der Waals surface area contributed by atoms with Crippen LogP contribution in [0.4, 0.5) is 11.6 Å². The summed E-state index contributed by atoms with van der Waals surface area (Å²) >= 11 is 0. The summed E-state index contributed by atoms with van der Waals surface area (Å²) in [5, 5.41) is 6.41. The van der Waals surface area contributed by atoms with Gasteiger partial charge in [-0.2, -0.15) is 0 Å². The van der Waals surface area contributed by atoms with Crippen LogP contribution < -0.4 is 15.4 Å². The molecule has 0 saturated heterocycles. The van der Waals surface area contributed by atoms with Crippen LogP contribution in [0.2, 0.25) is 0 Å². The minimum absolute atomic E-state index is 0.150. The zero-order valence-electron chi connectivity index (χ0n) is 18.2. The van der Waals surface area contributed by atoms with Gasteiger partial charge in [0.15, 0.2) is 0 Å². The molecule has 0 saturated carbocycles. The standard InChI is InChI=1S/C26H24N4O2/c1-16-8-12-19(13-9-16)28-25(31)23-17(2)27-26-29-21-6-4-5-7-22(21)30(26)24(23)18-10-14-20(32-3)15-11-18/h4-15,24H,1-3H3,(H,27,29)(H,28,31)/t24-/m1/s1. The fourth-order valence-corrected chi connectivity index (χ4v) is 4.19. The van der Waals surface area contributed by atoms with Crippen LogP contribution in [-0.4, -0.2) is 22.6 Å². The Morgan fingerprint density at radius 3 is 2.44 bits per heavy atom. The lowest BCUT2D eigenvalue weighted by atomic mass is 9.94. The molecule has 1 amide bonds. The van der Waals surface area contributed by atoms with E-state index in [1.165, 1.54) is 0 Å². The fraction of sp³-hybridized carbons (Fsp3) is 0.154.